The fourth-order valence-corrected chi connectivity index (χ4v) is 2.19. The Morgan fingerprint density at radius 2 is 2.39 bits per heavy atom. The molecule has 0 saturated carbocycles. The number of nitrogens with one attached hydrogen (secondary N) is 2. The van der Waals surface area contributed by atoms with Crippen molar-refractivity contribution in [3.05, 3.63) is 41.5 Å². The molecule has 0 aliphatic carbocycles. The zero-order chi connectivity index (χ0) is 13.0. The molecular formula is C14H19N3O. The number of carbonyl (C=O) groups is 1. The maximum absolute atomic E-state index is 11.8. The van der Waals surface area contributed by atoms with Gasteiger partial charge in [0.15, 0.2) is 0 Å². The van der Waals surface area contributed by atoms with E-state index in [1.54, 1.807) is 0 Å². The number of anilines is 1. The Morgan fingerprint density at radius 1 is 1.56 bits per heavy atom. The van der Waals surface area contributed by atoms with Crippen LogP contribution in [-0.4, -0.2) is 18.5 Å². The molecule has 4 nitrogen and oxygen atoms in total. The van der Waals surface area contributed by atoms with E-state index in [-0.39, 0.29) is 11.9 Å². The van der Waals surface area contributed by atoms with Crippen molar-refractivity contribution >= 4 is 11.6 Å². The van der Waals surface area contributed by atoms with Crippen LogP contribution in [0.5, 0.6) is 0 Å². The monoisotopic (exact) mass is 245 g/mol. The number of hydrogen-bond donors (Lipinski definition) is 3. The van der Waals surface area contributed by atoms with E-state index in [1.807, 2.05) is 30.4 Å². The van der Waals surface area contributed by atoms with Crippen LogP contribution < -0.4 is 16.4 Å². The van der Waals surface area contributed by atoms with Crippen LogP contribution in [0.3, 0.4) is 0 Å². The molecule has 0 radical (unpaired) electrons. The number of rotatable bonds is 4. The lowest BCUT2D eigenvalue weighted by Crippen LogP contribution is -2.40. The van der Waals surface area contributed by atoms with Crippen LogP contribution in [0.2, 0.25) is 0 Å². The van der Waals surface area contributed by atoms with Crippen LogP contribution in [0.15, 0.2) is 30.4 Å². The van der Waals surface area contributed by atoms with Gasteiger partial charge in [0.05, 0.1) is 0 Å². The van der Waals surface area contributed by atoms with Crippen molar-refractivity contribution in [1.82, 2.24) is 10.6 Å². The highest BCUT2D eigenvalue weighted by molar-refractivity contribution is 5.84. The van der Waals surface area contributed by atoms with Gasteiger partial charge in [0.1, 0.15) is 6.04 Å². The average molecular weight is 245 g/mol. The first-order valence-electron chi connectivity index (χ1n) is 6.26. The summed E-state index contributed by atoms with van der Waals surface area (Å²) in [5.41, 5.74) is 8.93. The van der Waals surface area contributed by atoms with Crippen LogP contribution in [0.25, 0.3) is 0 Å². The highest BCUT2D eigenvalue weighted by atomic mass is 16.2. The van der Waals surface area contributed by atoms with Crippen molar-refractivity contribution in [2.45, 2.75) is 25.9 Å². The first-order valence-corrected chi connectivity index (χ1v) is 6.26. The number of nitrogen functional groups attached to an aromatic ring is 1. The second-order valence-corrected chi connectivity index (χ2v) is 4.37. The van der Waals surface area contributed by atoms with E-state index < -0.39 is 0 Å². The Kier molecular flexibility index (Phi) is 3.99. The summed E-state index contributed by atoms with van der Waals surface area (Å²) >= 11 is 0. The summed E-state index contributed by atoms with van der Waals surface area (Å²) in [6.07, 6.45) is 4.72. The summed E-state index contributed by atoms with van der Waals surface area (Å²) in [4.78, 5) is 11.8. The summed E-state index contributed by atoms with van der Waals surface area (Å²) in [5, 5.41) is 6.02. The largest absolute Gasteiger partial charge is 0.398 e. The number of hydrogen-bond acceptors (Lipinski definition) is 3. The van der Waals surface area contributed by atoms with Gasteiger partial charge in [-0.25, -0.2) is 0 Å². The molecule has 1 aliphatic heterocycles. The Labute approximate surface area is 107 Å². The third-order valence-electron chi connectivity index (χ3n) is 3.18. The second-order valence-electron chi connectivity index (χ2n) is 4.37. The minimum Gasteiger partial charge on any atom is -0.398 e. The predicted octanol–water partition coefficient (Wildman–Crippen LogP) is 0.975. The fourth-order valence-electron chi connectivity index (χ4n) is 2.19. The lowest BCUT2D eigenvalue weighted by atomic mass is 10.0. The van der Waals surface area contributed by atoms with Gasteiger partial charge in [0.2, 0.25) is 5.91 Å². The Balaban J connectivity index is 1.99. The van der Waals surface area contributed by atoms with Crippen molar-refractivity contribution in [2.75, 3.05) is 12.3 Å². The highest BCUT2D eigenvalue weighted by Crippen LogP contribution is 2.17. The zero-order valence-corrected chi connectivity index (χ0v) is 10.6. The zero-order valence-electron chi connectivity index (χ0n) is 10.6. The number of amides is 1. The lowest BCUT2D eigenvalue weighted by Gasteiger charge is -2.13. The third kappa shape index (κ3) is 2.71. The van der Waals surface area contributed by atoms with Gasteiger partial charge in [-0.05, 0) is 23.6 Å². The van der Waals surface area contributed by atoms with Gasteiger partial charge >= 0.3 is 0 Å². The molecule has 4 N–H and O–H groups in total. The van der Waals surface area contributed by atoms with Crippen molar-refractivity contribution in [3.8, 4) is 0 Å². The molecule has 1 aliphatic rings. The highest BCUT2D eigenvalue weighted by Gasteiger charge is 2.17. The normalized spacial score (nSPS) is 17.9. The van der Waals surface area contributed by atoms with Gasteiger partial charge in [0, 0.05) is 18.8 Å². The molecule has 4 heteroatoms. The van der Waals surface area contributed by atoms with E-state index in [9.17, 15) is 4.79 Å². The topological polar surface area (TPSA) is 67.1 Å². The molecule has 1 heterocycles. The molecule has 96 valence electrons. The van der Waals surface area contributed by atoms with Gasteiger partial charge in [-0.1, -0.05) is 31.2 Å². The average Bonchev–Trinajstić information content (AvgIpc) is 2.90. The Hall–Kier alpha value is -1.81. The second kappa shape index (κ2) is 5.69. The van der Waals surface area contributed by atoms with E-state index in [4.69, 9.17) is 5.73 Å². The molecule has 1 aromatic carbocycles. The molecule has 0 fully saturated rings. The van der Waals surface area contributed by atoms with Gasteiger partial charge < -0.3 is 11.1 Å². The van der Waals surface area contributed by atoms with E-state index in [0.29, 0.717) is 6.54 Å². The molecule has 0 spiro atoms. The molecule has 2 rings (SSSR count). The number of carbonyl (C=O) groups excluding carboxylic acids is 1. The molecule has 1 aromatic rings. The summed E-state index contributed by atoms with van der Waals surface area (Å²) in [7, 11) is 0. The SMILES string of the molecule is CCc1c(N)cccc1CNC(=O)[C@@H]1C=CCN1. The van der Waals surface area contributed by atoms with E-state index >= 15 is 0 Å². The fraction of sp³-hybridized carbons (Fsp3) is 0.357. The van der Waals surface area contributed by atoms with Gasteiger partial charge in [-0.3, -0.25) is 10.1 Å². The van der Waals surface area contributed by atoms with E-state index in [0.717, 1.165) is 29.8 Å². The maximum Gasteiger partial charge on any atom is 0.241 e. The van der Waals surface area contributed by atoms with Crippen molar-refractivity contribution in [1.29, 1.82) is 0 Å². The minimum atomic E-state index is -0.198. The number of benzene rings is 1. The summed E-state index contributed by atoms with van der Waals surface area (Å²) in [6, 6.07) is 5.62. The summed E-state index contributed by atoms with van der Waals surface area (Å²) in [5.74, 6) is 0.00762. The molecule has 0 unspecified atom stereocenters. The maximum atomic E-state index is 11.8. The molecule has 0 aromatic heterocycles. The quantitative estimate of drug-likeness (QED) is 0.547. The van der Waals surface area contributed by atoms with Crippen molar-refractivity contribution in [2.24, 2.45) is 0 Å². The Bertz CT molecular complexity index is 468. The van der Waals surface area contributed by atoms with Crippen LogP contribution in [0, 0.1) is 0 Å². The van der Waals surface area contributed by atoms with Crippen molar-refractivity contribution in [3.63, 3.8) is 0 Å². The molecule has 0 saturated heterocycles. The predicted molar refractivity (Wildman–Crippen MR) is 73.0 cm³/mol. The van der Waals surface area contributed by atoms with Crippen LogP contribution in [-0.2, 0) is 17.8 Å². The van der Waals surface area contributed by atoms with Crippen LogP contribution in [0.1, 0.15) is 18.1 Å². The summed E-state index contributed by atoms with van der Waals surface area (Å²) in [6.45, 7) is 3.36. The first-order chi connectivity index (χ1) is 8.72. The van der Waals surface area contributed by atoms with E-state index in [2.05, 4.69) is 17.6 Å². The third-order valence-corrected chi connectivity index (χ3v) is 3.18. The molecule has 0 bridgehead atoms. The van der Waals surface area contributed by atoms with Gasteiger partial charge in [-0.15, -0.1) is 0 Å². The van der Waals surface area contributed by atoms with Gasteiger partial charge in [-0.2, -0.15) is 0 Å². The summed E-state index contributed by atoms with van der Waals surface area (Å²) < 4.78 is 0. The van der Waals surface area contributed by atoms with Crippen LogP contribution in [0.4, 0.5) is 5.69 Å². The minimum absolute atomic E-state index is 0.00762. The molecule has 1 amide bonds. The molecule has 1 atom stereocenters. The van der Waals surface area contributed by atoms with Crippen molar-refractivity contribution < 1.29 is 4.79 Å². The molecular weight excluding hydrogens is 226 g/mol. The lowest BCUT2D eigenvalue weighted by molar-refractivity contribution is -0.122. The smallest absolute Gasteiger partial charge is 0.241 e. The first kappa shape index (κ1) is 12.6. The van der Waals surface area contributed by atoms with Gasteiger partial charge in [0.25, 0.3) is 0 Å². The Morgan fingerprint density at radius 3 is 3.06 bits per heavy atom. The number of nitrogens with two attached hydrogens (primary N) is 1. The standard InChI is InChI=1S/C14H19N3O/c1-2-11-10(5-3-6-12(11)15)9-17-14(18)13-7-4-8-16-13/h3-7,13,16H,2,8-9,15H2,1H3,(H,17,18)/t13-/m0/s1. The van der Waals surface area contributed by atoms with E-state index in [1.165, 1.54) is 0 Å². The molecule has 18 heavy (non-hydrogen) atoms. The van der Waals surface area contributed by atoms with Crippen LogP contribution >= 0.6 is 0 Å².